The number of fused-ring (bicyclic) bond motifs is 1. The number of aromatic nitrogens is 3. The minimum absolute atomic E-state index is 0.289. The molecule has 1 aromatic carbocycles. The van der Waals surface area contributed by atoms with Crippen LogP contribution in [-0.4, -0.2) is 45.7 Å². The molecule has 3 N–H and O–H groups in total. The van der Waals surface area contributed by atoms with E-state index in [1.54, 1.807) is 4.52 Å². The Morgan fingerprint density at radius 1 is 1.08 bits per heavy atom. The highest BCUT2D eigenvalue weighted by molar-refractivity contribution is 5.65. The molecule has 3 rings (SSSR count). The molecule has 0 unspecified atom stereocenters. The van der Waals surface area contributed by atoms with Crippen LogP contribution in [0.1, 0.15) is 13.8 Å². The van der Waals surface area contributed by atoms with E-state index in [0.29, 0.717) is 0 Å². The number of pyridine rings is 1. The molecule has 2 aromatic heterocycles. The van der Waals surface area contributed by atoms with Gasteiger partial charge in [-0.25, -0.2) is 4.52 Å². The second-order valence-electron chi connectivity index (χ2n) is 5.68. The van der Waals surface area contributed by atoms with E-state index in [4.69, 9.17) is 5.73 Å². The SMILES string of the molecule is CCN(CC)CCNc1ccc(-c2cccc3nc(N)nn23)cc1. The van der Waals surface area contributed by atoms with Crippen LogP contribution in [0.4, 0.5) is 11.6 Å². The summed E-state index contributed by atoms with van der Waals surface area (Å²) >= 11 is 0. The molecule has 0 aliphatic heterocycles. The molecule has 0 aliphatic carbocycles. The molecule has 24 heavy (non-hydrogen) atoms. The van der Waals surface area contributed by atoms with Crippen LogP contribution in [0.2, 0.25) is 0 Å². The fraction of sp³-hybridized carbons (Fsp3) is 0.333. The highest BCUT2D eigenvalue weighted by atomic mass is 15.3. The number of anilines is 2. The average Bonchev–Trinajstić information content (AvgIpc) is 2.99. The predicted octanol–water partition coefficient (Wildman–Crippen LogP) is 2.73. The van der Waals surface area contributed by atoms with Gasteiger partial charge in [0, 0.05) is 24.3 Å². The van der Waals surface area contributed by atoms with Crippen molar-refractivity contribution >= 4 is 17.3 Å². The van der Waals surface area contributed by atoms with Gasteiger partial charge >= 0.3 is 0 Å². The number of nitrogens with two attached hydrogens (primary N) is 1. The summed E-state index contributed by atoms with van der Waals surface area (Å²) in [6.07, 6.45) is 0. The quantitative estimate of drug-likeness (QED) is 0.699. The van der Waals surface area contributed by atoms with Crippen molar-refractivity contribution in [1.82, 2.24) is 19.5 Å². The Balaban J connectivity index is 1.72. The van der Waals surface area contributed by atoms with Gasteiger partial charge in [-0.15, -0.1) is 5.10 Å². The Labute approximate surface area is 142 Å². The topological polar surface area (TPSA) is 71.5 Å². The number of nitrogens with zero attached hydrogens (tertiary/aromatic N) is 4. The summed E-state index contributed by atoms with van der Waals surface area (Å²) in [6, 6.07) is 14.3. The largest absolute Gasteiger partial charge is 0.384 e. The van der Waals surface area contributed by atoms with E-state index < -0.39 is 0 Å². The lowest BCUT2D eigenvalue weighted by Crippen LogP contribution is -2.28. The van der Waals surface area contributed by atoms with Crippen molar-refractivity contribution in [2.24, 2.45) is 0 Å². The second kappa shape index (κ2) is 7.31. The molecule has 0 radical (unpaired) electrons. The van der Waals surface area contributed by atoms with Crippen molar-refractivity contribution in [2.75, 3.05) is 37.2 Å². The first kappa shape index (κ1) is 16.3. The Morgan fingerprint density at radius 2 is 1.83 bits per heavy atom. The second-order valence-corrected chi connectivity index (χ2v) is 5.68. The van der Waals surface area contributed by atoms with Gasteiger partial charge in [0.15, 0.2) is 5.65 Å². The fourth-order valence-electron chi connectivity index (χ4n) is 2.80. The lowest BCUT2D eigenvalue weighted by Gasteiger charge is -2.18. The van der Waals surface area contributed by atoms with E-state index in [1.165, 1.54) is 0 Å². The maximum absolute atomic E-state index is 5.71. The number of nitrogen functional groups attached to an aromatic ring is 1. The first-order chi connectivity index (χ1) is 11.7. The van der Waals surface area contributed by atoms with Crippen molar-refractivity contribution in [3.05, 3.63) is 42.5 Å². The van der Waals surface area contributed by atoms with Gasteiger partial charge in [0.1, 0.15) is 0 Å². The van der Waals surface area contributed by atoms with Crippen LogP contribution in [-0.2, 0) is 0 Å². The molecule has 2 heterocycles. The first-order valence-corrected chi connectivity index (χ1v) is 8.39. The number of hydrogen-bond donors (Lipinski definition) is 2. The van der Waals surface area contributed by atoms with E-state index >= 15 is 0 Å². The summed E-state index contributed by atoms with van der Waals surface area (Å²) in [4.78, 5) is 6.60. The van der Waals surface area contributed by atoms with Gasteiger partial charge in [-0.05, 0) is 37.4 Å². The number of hydrogen-bond acceptors (Lipinski definition) is 5. The van der Waals surface area contributed by atoms with E-state index in [1.807, 2.05) is 18.2 Å². The Kier molecular flexibility index (Phi) is 4.96. The summed E-state index contributed by atoms with van der Waals surface area (Å²) in [5.41, 5.74) is 9.65. The molecule has 0 saturated carbocycles. The molecule has 6 nitrogen and oxygen atoms in total. The van der Waals surface area contributed by atoms with Crippen molar-refractivity contribution in [3.63, 3.8) is 0 Å². The average molecular weight is 324 g/mol. The Hall–Kier alpha value is -2.60. The molecule has 0 saturated heterocycles. The first-order valence-electron chi connectivity index (χ1n) is 8.39. The molecular formula is C18H24N6. The third-order valence-electron chi connectivity index (χ3n) is 4.21. The standard InChI is InChI=1S/C18H24N6/c1-3-23(4-2)13-12-20-15-10-8-14(9-11-15)16-6-5-7-17-21-18(19)22-24(16)17/h5-11,20H,3-4,12-13H2,1-2H3,(H2,19,22). The molecule has 126 valence electrons. The van der Waals surface area contributed by atoms with Gasteiger partial charge in [0.2, 0.25) is 5.95 Å². The molecular weight excluding hydrogens is 300 g/mol. The van der Waals surface area contributed by atoms with Gasteiger partial charge in [-0.2, -0.15) is 4.98 Å². The molecule has 0 atom stereocenters. The smallest absolute Gasteiger partial charge is 0.240 e. The summed E-state index contributed by atoms with van der Waals surface area (Å²) < 4.78 is 1.78. The molecule has 0 amide bonds. The Morgan fingerprint density at radius 3 is 2.54 bits per heavy atom. The number of benzene rings is 1. The van der Waals surface area contributed by atoms with Crippen LogP contribution < -0.4 is 11.1 Å². The minimum atomic E-state index is 0.289. The van der Waals surface area contributed by atoms with Crippen LogP contribution in [0, 0.1) is 0 Å². The summed E-state index contributed by atoms with van der Waals surface area (Å²) in [5, 5.41) is 7.73. The minimum Gasteiger partial charge on any atom is -0.384 e. The van der Waals surface area contributed by atoms with E-state index in [-0.39, 0.29) is 5.95 Å². The third-order valence-corrected chi connectivity index (χ3v) is 4.21. The van der Waals surface area contributed by atoms with Crippen molar-refractivity contribution in [3.8, 4) is 11.3 Å². The molecule has 6 heteroatoms. The zero-order valence-corrected chi connectivity index (χ0v) is 14.2. The van der Waals surface area contributed by atoms with Crippen LogP contribution in [0.25, 0.3) is 16.9 Å². The summed E-state index contributed by atoms with van der Waals surface area (Å²) in [5.74, 6) is 0.289. The maximum atomic E-state index is 5.71. The van der Waals surface area contributed by atoms with E-state index in [9.17, 15) is 0 Å². The van der Waals surface area contributed by atoms with Gasteiger partial charge in [0.25, 0.3) is 0 Å². The third kappa shape index (κ3) is 3.49. The normalized spacial score (nSPS) is 11.3. The van der Waals surface area contributed by atoms with Gasteiger partial charge in [-0.3, -0.25) is 0 Å². The van der Waals surface area contributed by atoms with Crippen molar-refractivity contribution < 1.29 is 0 Å². The molecule has 0 fully saturated rings. The van der Waals surface area contributed by atoms with Gasteiger partial charge < -0.3 is 16.0 Å². The number of likely N-dealkylation sites (N-methyl/N-ethyl adjacent to an activating group) is 1. The Bertz CT molecular complexity index is 789. The van der Waals surface area contributed by atoms with Crippen molar-refractivity contribution in [1.29, 1.82) is 0 Å². The van der Waals surface area contributed by atoms with Gasteiger partial charge in [-0.1, -0.05) is 32.0 Å². The number of nitrogens with one attached hydrogen (secondary N) is 1. The van der Waals surface area contributed by atoms with Crippen molar-refractivity contribution in [2.45, 2.75) is 13.8 Å². The molecule has 3 aromatic rings. The molecule has 0 spiro atoms. The molecule has 0 aliphatic rings. The highest BCUT2D eigenvalue weighted by Crippen LogP contribution is 2.22. The lowest BCUT2D eigenvalue weighted by atomic mass is 10.1. The fourth-order valence-corrected chi connectivity index (χ4v) is 2.80. The van der Waals surface area contributed by atoms with Crippen LogP contribution >= 0.6 is 0 Å². The lowest BCUT2D eigenvalue weighted by molar-refractivity contribution is 0.316. The summed E-state index contributed by atoms with van der Waals surface area (Å²) in [6.45, 7) is 8.54. The van der Waals surface area contributed by atoms with E-state index in [0.717, 1.165) is 48.8 Å². The monoisotopic (exact) mass is 324 g/mol. The maximum Gasteiger partial charge on any atom is 0.240 e. The van der Waals surface area contributed by atoms with E-state index in [2.05, 4.69) is 58.4 Å². The van der Waals surface area contributed by atoms with Gasteiger partial charge in [0.05, 0.1) is 5.69 Å². The van der Waals surface area contributed by atoms with Crippen LogP contribution in [0.5, 0.6) is 0 Å². The summed E-state index contributed by atoms with van der Waals surface area (Å²) in [7, 11) is 0. The highest BCUT2D eigenvalue weighted by Gasteiger charge is 2.07. The zero-order chi connectivity index (χ0) is 16.9. The predicted molar refractivity (Wildman–Crippen MR) is 99.1 cm³/mol. The zero-order valence-electron chi connectivity index (χ0n) is 14.2. The van der Waals surface area contributed by atoms with Crippen LogP contribution in [0.15, 0.2) is 42.5 Å². The molecule has 0 bridgehead atoms. The van der Waals surface area contributed by atoms with Crippen LogP contribution in [0.3, 0.4) is 0 Å². The number of rotatable bonds is 7.